The van der Waals surface area contributed by atoms with Gasteiger partial charge in [0.2, 0.25) is 5.91 Å². The molecular formula is C17H25N3O. The number of hydrogen-bond acceptors (Lipinski definition) is 3. The third kappa shape index (κ3) is 3.14. The van der Waals surface area contributed by atoms with Gasteiger partial charge in [0.1, 0.15) is 0 Å². The summed E-state index contributed by atoms with van der Waals surface area (Å²) in [7, 11) is 0. The van der Waals surface area contributed by atoms with E-state index in [2.05, 4.69) is 24.0 Å². The Morgan fingerprint density at radius 2 is 2.19 bits per heavy atom. The molecule has 21 heavy (non-hydrogen) atoms. The summed E-state index contributed by atoms with van der Waals surface area (Å²) in [6.07, 6.45) is 4.54. The Hall–Kier alpha value is -1.71. The Labute approximate surface area is 126 Å². The molecule has 0 saturated carbocycles. The summed E-state index contributed by atoms with van der Waals surface area (Å²) in [6, 6.07) is 6.05. The lowest BCUT2D eigenvalue weighted by molar-refractivity contribution is -0.131. The normalized spacial score (nSPS) is 22.0. The molecule has 0 bridgehead atoms. The van der Waals surface area contributed by atoms with Gasteiger partial charge in [-0.1, -0.05) is 6.92 Å². The van der Waals surface area contributed by atoms with Crippen molar-refractivity contribution in [2.75, 3.05) is 36.8 Å². The van der Waals surface area contributed by atoms with E-state index < -0.39 is 0 Å². The van der Waals surface area contributed by atoms with Gasteiger partial charge in [0.15, 0.2) is 0 Å². The molecule has 3 rings (SSSR count). The van der Waals surface area contributed by atoms with Crippen molar-refractivity contribution < 1.29 is 4.79 Å². The molecule has 1 aromatic carbocycles. The first-order valence-electron chi connectivity index (χ1n) is 8.04. The standard InChI is InChI=1S/C17H25N3O/c1-13-4-2-9-20(11-13)17(21)12-19-8-3-5-14-10-15(18)6-7-16(14)19/h6-7,10,13H,2-5,8-9,11-12,18H2,1H3. The van der Waals surface area contributed by atoms with Gasteiger partial charge in [-0.2, -0.15) is 0 Å². The van der Waals surface area contributed by atoms with E-state index in [1.165, 1.54) is 17.7 Å². The van der Waals surface area contributed by atoms with E-state index >= 15 is 0 Å². The number of anilines is 2. The van der Waals surface area contributed by atoms with Gasteiger partial charge >= 0.3 is 0 Å². The predicted molar refractivity (Wildman–Crippen MR) is 86.4 cm³/mol. The molecule has 114 valence electrons. The van der Waals surface area contributed by atoms with Crippen molar-refractivity contribution in [2.45, 2.75) is 32.6 Å². The highest BCUT2D eigenvalue weighted by molar-refractivity contribution is 5.82. The smallest absolute Gasteiger partial charge is 0.242 e. The number of benzene rings is 1. The number of piperidine rings is 1. The highest BCUT2D eigenvalue weighted by Gasteiger charge is 2.24. The van der Waals surface area contributed by atoms with Crippen LogP contribution in [0.4, 0.5) is 11.4 Å². The number of hydrogen-bond donors (Lipinski definition) is 1. The van der Waals surface area contributed by atoms with Gasteiger partial charge in [0.25, 0.3) is 0 Å². The summed E-state index contributed by atoms with van der Waals surface area (Å²) in [6.45, 7) is 5.54. The molecule has 0 aliphatic carbocycles. The van der Waals surface area contributed by atoms with Crippen LogP contribution in [0.2, 0.25) is 0 Å². The largest absolute Gasteiger partial charge is 0.399 e. The Bertz CT molecular complexity index is 529. The minimum absolute atomic E-state index is 0.270. The highest BCUT2D eigenvalue weighted by Crippen LogP contribution is 2.29. The Morgan fingerprint density at radius 3 is 3.00 bits per heavy atom. The zero-order valence-corrected chi connectivity index (χ0v) is 12.8. The minimum Gasteiger partial charge on any atom is -0.399 e. The molecule has 2 N–H and O–H groups in total. The second-order valence-corrected chi connectivity index (χ2v) is 6.50. The number of rotatable bonds is 2. The first-order valence-corrected chi connectivity index (χ1v) is 8.04. The fourth-order valence-corrected chi connectivity index (χ4v) is 3.54. The molecule has 2 heterocycles. The molecule has 2 aliphatic heterocycles. The van der Waals surface area contributed by atoms with Crippen LogP contribution in [-0.2, 0) is 11.2 Å². The number of carbonyl (C=O) groups excluding carboxylic acids is 1. The molecule has 1 amide bonds. The van der Waals surface area contributed by atoms with Gasteiger partial charge in [-0.15, -0.1) is 0 Å². The number of amides is 1. The third-order valence-electron chi connectivity index (χ3n) is 4.65. The second kappa shape index (κ2) is 5.96. The van der Waals surface area contributed by atoms with E-state index in [9.17, 15) is 4.79 Å². The van der Waals surface area contributed by atoms with E-state index in [-0.39, 0.29) is 5.91 Å². The van der Waals surface area contributed by atoms with Gasteiger partial charge in [-0.05, 0) is 55.4 Å². The maximum atomic E-state index is 12.5. The first kappa shape index (κ1) is 14.2. The van der Waals surface area contributed by atoms with Crippen molar-refractivity contribution in [3.63, 3.8) is 0 Å². The van der Waals surface area contributed by atoms with Gasteiger partial charge in [-0.25, -0.2) is 0 Å². The highest BCUT2D eigenvalue weighted by atomic mass is 16.2. The molecule has 0 radical (unpaired) electrons. The van der Waals surface area contributed by atoms with Gasteiger partial charge in [0, 0.05) is 31.0 Å². The topological polar surface area (TPSA) is 49.6 Å². The maximum absolute atomic E-state index is 12.5. The molecule has 0 aromatic heterocycles. The van der Waals surface area contributed by atoms with Crippen LogP contribution < -0.4 is 10.6 Å². The number of likely N-dealkylation sites (tertiary alicyclic amines) is 1. The van der Waals surface area contributed by atoms with Crippen LogP contribution in [0.1, 0.15) is 31.7 Å². The fraction of sp³-hybridized carbons (Fsp3) is 0.588. The lowest BCUT2D eigenvalue weighted by atomic mass is 9.99. The van der Waals surface area contributed by atoms with Crippen molar-refractivity contribution in [3.8, 4) is 0 Å². The van der Waals surface area contributed by atoms with Gasteiger partial charge in [-0.3, -0.25) is 4.79 Å². The number of nitrogen functional groups attached to an aromatic ring is 1. The first-order chi connectivity index (χ1) is 10.1. The van der Waals surface area contributed by atoms with E-state index in [0.717, 1.165) is 44.6 Å². The molecule has 1 aromatic rings. The van der Waals surface area contributed by atoms with Crippen molar-refractivity contribution in [2.24, 2.45) is 5.92 Å². The van der Waals surface area contributed by atoms with E-state index in [1.807, 2.05) is 11.0 Å². The van der Waals surface area contributed by atoms with Crippen molar-refractivity contribution in [1.82, 2.24) is 4.90 Å². The van der Waals surface area contributed by atoms with Crippen LogP contribution in [-0.4, -0.2) is 37.0 Å². The van der Waals surface area contributed by atoms with Gasteiger partial charge in [0.05, 0.1) is 6.54 Å². The van der Waals surface area contributed by atoms with Crippen LogP contribution >= 0.6 is 0 Å². The maximum Gasteiger partial charge on any atom is 0.242 e. The molecular weight excluding hydrogens is 262 g/mol. The molecule has 1 unspecified atom stereocenters. The number of carbonyl (C=O) groups is 1. The molecule has 4 heteroatoms. The summed E-state index contributed by atoms with van der Waals surface area (Å²) in [5, 5.41) is 0. The summed E-state index contributed by atoms with van der Waals surface area (Å²) in [4.78, 5) is 16.8. The van der Waals surface area contributed by atoms with Crippen LogP contribution in [0.3, 0.4) is 0 Å². The predicted octanol–water partition coefficient (Wildman–Crippen LogP) is 2.28. The van der Waals surface area contributed by atoms with E-state index in [1.54, 1.807) is 0 Å². The Morgan fingerprint density at radius 1 is 1.33 bits per heavy atom. The van der Waals surface area contributed by atoms with Crippen molar-refractivity contribution in [3.05, 3.63) is 23.8 Å². The number of aryl methyl sites for hydroxylation is 1. The Balaban J connectivity index is 1.70. The number of nitrogens with zero attached hydrogens (tertiary/aromatic N) is 2. The molecule has 2 aliphatic rings. The average molecular weight is 287 g/mol. The van der Waals surface area contributed by atoms with Crippen LogP contribution in [0.5, 0.6) is 0 Å². The van der Waals surface area contributed by atoms with E-state index in [0.29, 0.717) is 12.5 Å². The summed E-state index contributed by atoms with van der Waals surface area (Å²) in [5.41, 5.74) is 9.15. The van der Waals surface area contributed by atoms with E-state index in [4.69, 9.17) is 5.73 Å². The third-order valence-corrected chi connectivity index (χ3v) is 4.65. The van der Waals surface area contributed by atoms with Crippen molar-refractivity contribution >= 4 is 17.3 Å². The Kier molecular flexibility index (Phi) is 4.04. The quantitative estimate of drug-likeness (QED) is 0.849. The van der Waals surface area contributed by atoms with Crippen molar-refractivity contribution in [1.29, 1.82) is 0 Å². The second-order valence-electron chi connectivity index (χ2n) is 6.50. The molecule has 1 fully saturated rings. The zero-order chi connectivity index (χ0) is 14.8. The fourth-order valence-electron chi connectivity index (χ4n) is 3.54. The summed E-state index contributed by atoms with van der Waals surface area (Å²) >= 11 is 0. The monoisotopic (exact) mass is 287 g/mol. The summed E-state index contributed by atoms with van der Waals surface area (Å²) < 4.78 is 0. The molecule has 1 saturated heterocycles. The van der Waals surface area contributed by atoms with Crippen LogP contribution in [0.25, 0.3) is 0 Å². The lowest BCUT2D eigenvalue weighted by Crippen LogP contribution is -2.45. The zero-order valence-electron chi connectivity index (χ0n) is 12.8. The van der Waals surface area contributed by atoms with Crippen LogP contribution in [0, 0.1) is 5.92 Å². The molecule has 4 nitrogen and oxygen atoms in total. The lowest BCUT2D eigenvalue weighted by Gasteiger charge is -2.35. The average Bonchev–Trinajstić information content (AvgIpc) is 2.47. The molecule has 0 spiro atoms. The summed E-state index contributed by atoms with van der Waals surface area (Å²) in [5.74, 6) is 0.905. The minimum atomic E-state index is 0.270. The number of fused-ring (bicyclic) bond motifs is 1. The number of nitrogens with two attached hydrogens (primary N) is 1. The molecule has 1 atom stereocenters. The SMILES string of the molecule is CC1CCCN(C(=O)CN2CCCc3cc(N)ccc32)C1. The van der Waals surface area contributed by atoms with Gasteiger partial charge < -0.3 is 15.5 Å². The van der Waals surface area contributed by atoms with Crippen LogP contribution in [0.15, 0.2) is 18.2 Å².